The van der Waals surface area contributed by atoms with Crippen molar-refractivity contribution in [3.05, 3.63) is 98.5 Å². The van der Waals surface area contributed by atoms with Crippen molar-refractivity contribution in [2.45, 2.75) is 12.5 Å². The summed E-state index contributed by atoms with van der Waals surface area (Å²) in [6, 6.07) is 18.5. The number of halogens is 2. The number of benzene rings is 3. The molecule has 0 saturated carbocycles. The third-order valence-electron chi connectivity index (χ3n) is 5.53. The lowest BCUT2D eigenvalue weighted by molar-refractivity contribution is -0.384. The van der Waals surface area contributed by atoms with E-state index in [9.17, 15) is 19.7 Å². The van der Waals surface area contributed by atoms with Gasteiger partial charge in [-0.1, -0.05) is 53.5 Å². The fourth-order valence-corrected chi connectivity index (χ4v) is 4.12. The molecule has 198 valence electrons. The molecule has 4 N–H and O–H groups in total. The summed E-state index contributed by atoms with van der Waals surface area (Å²) in [6.07, 6.45) is -0.166. The highest BCUT2D eigenvalue weighted by Crippen LogP contribution is 2.35. The van der Waals surface area contributed by atoms with Gasteiger partial charge in [0.05, 0.1) is 26.7 Å². The molecular formula is C25H19Cl2N7O4S. The molecule has 0 bridgehead atoms. The summed E-state index contributed by atoms with van der Waals surface area (Å²) in [6.45, 7) is 0. The van der Waals surface area contributed by atoms with Crippen molar-refractivity contribution in [3.8, 4) is 0 Å². The van der Waals surface area contributed by atoms with E-state index < -0.39 is 28.4 Å². The number of Topliss-reactive ketones (excluding diaryl/α,β-unsaturated/α-hetero) is 1. The van der Waals surface area contributed by atoms with Crippen LogP contribution in [0.3, 0.4) is 0 Å². The highest BCUT2D eigenvalue weighted by molar-refractivity contribution is 7.80. The van der Waals surface area contributed by atoms with Gasteiger partial charge < -0.3 is 11.1 Å². The number of carbonyl (C=O) groups excluding carboxylic acids is 2. The van der Waals surface area contributed by atoms with E-state index in [0.717, 1.165) is 0 Å². The van der Waals surface area contributed by atoms with Crippen molar-refractivity contribution in [3.63, 3.8) is 0 Å². The summed E-state index contributed by atoms with van der Waals surface area (Å²) in [5.74, 6) is -1.34. The third kappa shape index (κ3) is 6.55. The van der Waals surface area contributed by atoms with Crippen molar-refractivity contribution >= 4 is 80.7 Å². The Bertz CT molecular complexity index is 1530. The molecule has 0 spiro atoms. The number of nitrogens with one attached hydrogen (secondary N) is 2. The summed E-state index contributed by atoms with van der Waals surface area (Å²) in [7, 11) is 0. The van der Waals surface area contributed by atoms with E-state index in [-0.39, 0.29) is 38.7 Å². The lowest BCUT2D eigenvalue weighted by atomic mass is 9.94. The molecule has 0 fully saturated rings. The summed E-state index contributed by atoms with van der Waals surface area (Å²) < 4.78 is 0. The number of thiocarbonyl (C=S) groups is 1. The maximum absolute atomic E-state index is 13.4. The summed E-state index contributed by atoms with van der Waals surface area (Å²) in [4.78, 5) is 37.6. The Morgan fingerprint density at radius 3 is 2.51 bits per heavy atom. The molecule has 11 nitrogen and oxygen atoms in total. The average molecular weight is 584 g/mol. The second-order valence-corrected chi connectivity index (χ2v) is 9.40. The van der Waals surface area contributed by atoms with Crippen LogP contribution < -0.4 is 21.5 Å². The number of ketones is 1. The van der Waals surface area contributed by atoms with Crippen molar-refractivity contribution in [1.29, 1.82) is 0 Å². The van der Waals surface area contributed by atoms with E-state index in [1.807, 2.05) is 0 Å². The number of nitro benzene ring substituents is 1. The van der Waals surface area contributed by atoms with Gasteiger partial charge in [-0.15, -0.1) is 0 Å². The zero-order chi connectivity index (χ0) is 28.1. The molecule has 4 rings (SSSR count). The van der Waals surface area contributed by atoms with Crippen molar-refractivity contribution < 1.29 is 14.5 Å². The van der Waals surface area contributed by atoms with Gasteiger partial charge >= 0.3 is 0 Å². The predicted octanol–water partition coefficient (Wildman–Crippen LogP) is 4.61. The van der Waals surface area contributed by atoms with Crippen molar-refractivity contribution in [1.82, 2.24) is 5.43 Å². The molecule has 0 aliphatic carbocycles. The first-order valence-corrected chi connectivity index (χ1v) is 12.4. The number of hydrazone groups is 2. The summed E-state index contributed by atoms with van der Waals surface area (Å²) in [5, 5.41) is 24.2. The Morgan fingerprint density at radius 1 is 1.10 bits per heavy atom. The lowest BCUT2D eigenvalue weighted by Crippen LogP contribution is -2.44. The Morgan fingerprint density at radius 2 is 1.85 bits per heavy atom. The molecule has 1 heterocycles. The summed E-state index contributed by atoms with van der Waals surface area (Å²) in [5.41, 5.74) is 8.39. The van der Waals surface area contributed by atoms with E-state index >= 15 is 0 Å². The number of carbonyl (C=O) groups is 2. The first-order valence-electron chi connectivity index (χ1n) is 11.2. The van der Waals surface area contributed by atoms with E-state index in [0.29, 0.717) is 11.3 Å². The molecule has 1 unspecified atom stereocenters. The van der Waals surface area contributed by atoms with Crippen LogP contribution in [0.2, 0.25) is 10.0 Å². The van der Waals surface area contributed by atoms with Gasteiger partial charge in [-0.3, -0.25) is 30.1 Å². The van der Waals surface area contributed by atoms with E-state index in [1.54, 1.807) is 36.4 Å². The molecule has 1 aliphatic heterocycles. The van der Waals surface area contributed by atoms with Gasteiger partial charge in [0, 0.05) is 24.2 Å². The molecule has 0 radical (unpaired) electrons. The van der Waals surface area contributed by atoms with Crippen LogP contribution in [0.1, 0.15) is 18.0 Å². The Kier molecular flexibility index (Phi) is 8.49. The summed E-state index contributed by atoms with van der Waals surface area (Å²) >= 11 is 16.8. The molecule has 1 atom stereocenters. The quantitative estimate of drug-likeness (QED) is 0.157. The first-order chi connectivity index (χ1) is 18.6. The molecule has 14 heteroatoms. The molecule has 0 saturated heterocycles. The van der Waals surface area contributed by atoms with Gasteiger partial charge in [0.2, 0.25) is 0 Å². The second-order valence-electron chi connectivity index (χ2n) is 8.14. The molecule has 1 amide bonds. The minimum Gasteiger partial charge on any atom is -0.375 e. The van der Waals surface area contributed by atoms with Crippen molar-refractivity contribution in [2.75, 3.05) is 10.3 Å². The van der Waals surface area contributed by atoms with Crippen LogP contribution in [0.5, 0.6) is 0 Å². The van der Waals surface area contributed by atoms with E-state index in [2.05, 4.69) is 20.9 Å². The fraction of sp³-hybridized carbons (Fsp3) is 0.0800. The van der Waals surface area contributed by atoms with E-state index in [1.165, 1.54) is 41.4 Å². The number of para-hydroxylation sites is 1. The number of nitrogens with two attached hydrogens (primary N) is 1. The number of nitro groups is 1. The maximum atomic E-state index is 13.4. The number of nitrogens with zero attached hydrogens (tertiary/aromatic N) is 4. The van der Waals surface area contributed by atoms with E-state index in [4.69, 9.17) is 41.2 Å². The molecule has 39 heavy (non-hydrogen) atoms. The monoisotopic (exact) mass is 583 g/mol. The van der Waals surface area contributed by atoms with Crippen LogP contribution in [0.15, 0.2) is 83.0 Å². The number of rotatable bonds is 7. The van der Waals surface area contributed by atoms with Gasteiger partial charge in [0.15, 0.2) is 22.3 Å². The fourth-order valence-electron chi connectivity index (χ4n) is 3.78. The van der Waals surface area contributed by atoms with Gasteiger partial charge in [-0.25, -0.2) is 0 Å². The SMILES string of the molecule is NC(=S)N/N=C(\C(=O)Nc1ccc(Cl)c(Cl)c1)C1=NN(c2ccccc2)C(c2cccc([N+](=O)[O-])c2)CC1=O. The first kappa shape index (κ1) is 27.6. The van der Waals surface area contributed by atoms with Crippen LogP contribution in [0.4, 0.5) is 17.1 Å². The van der Waals surface area contributed by atoms with Crippen LogP contribution >= 0.6 is 35.4 Å². The minimum atomic E-state index is -0.800. The van der Waals surface area contributed by atoms with Crippen molar-refractivity contribution in [2.24, 2.45) is 15.9 Å². The maximum Gasteiger partial charge on any atom is 0.278 e. The zero-order valence-electron chi connectivity index (χ0n) is 19.9. The topological polar surface area (TPSA) is 155 Å². The predicted molar refractivity (Wildman–Crippen MR) is 154 cm³/mol. The van der Waals surface area contributed by atoms with Gasteiger partial charge in [-0.2, -0.15) is 10.2 Å². The Balaban J connectivity index is 1.79. The smallest absolute Gasteiger partial charge is 0.278 e. The Labute approximate surface area is 237 Å². The highest BCUT2D eigenvalue weighted by atomic mass is 35.5. The molecule has 1 aliphatic rings. The van der Waals surface area contributed by atoms with Crippen LogP contribution in [0, 0.1) is 10.1 Å². The number of hydrogen-bond acceptors (Lipinski definition) is 8. The second kappa shape index (κ2) is 12.0. The molecule has 3 aromatic carbocycles. The number of hydrogen-bond donors (Lipinski definition) is 3. The van der Waals surface area contributed by atoms with Gasteiger partial charge in [-0.05, 0) is 48.1 Å². The average Bonchev–Trinajstić information content (AvgIpc) is 2.92. The highest BCUT2D eigenvalue weighted by Gasteiger charge is 2.36. The van der Waals surface area contributed by atoms with Gasteiger partial charge in [0.1, 0.15) is 0 Å². The molecule has 0 aromatic heterocycles. The largest absolute Gasteiger partial charge is 0.375 e. The Hall–Kier alpha value is -4.39. The minimum absolute atomic E-state index is 0.133. The van der Waals surface area contributed by atoms with Gasteiger partial charge in [0.25, 0.3) is 11.6 Å². The zero-order valence-corrected chi connectivity index (χ0v) is 22.2. The third-order valence-corrected chi connectivity index (χ3v) is 6.36. The molecular weight excluding hydrogens is 565 g/mol. The van der Waals surface area contributed by atoms with Crippen LogP contribution in [0.25, 0.3) is 0 Å². The normalized spacial score (nSPS) is 15.4. The van der Waals surface area contributed by atoms with Crippen LogP contribution in [-0.2, 0) is 9.59 Å². The number of anilines is 2. The lowest BCUT2D eigenvalue weighted by Gasteiger charge is -2.33. The number of amides is 1. The standard InChI is InChI=1S/C25H19Cl2N7O4S/c26-18-10-9-15(12-19(18)27)29-24(36)23(30-31-25(28)39)22-21(35)13-20(14-5-4-8-17(11-14)34(37)38)33(32-22)16-6-2-1-3-7-16/h1-12,20H,13H2,(H,29,36)(H3,28,31,39)/b30-23-. The van der Waals surface area contributed by atoms with Crippen LogP contribution in [-0.4, -0.2) is 33.1 Å². The molecule has 3 aromatic rings. The number of non-ortho nitro benzene ring substituents is 1.